The van der Waals surface area contributed by atoms with Crippen LogP contribution in [0.25, 0.3) is 21.7 Å². The monoisotopic (exact) mass is 443 g/mol. The second-order valence-electron chi connectivity index (χ2n) is 9.65. The summed E-state index contributed by atoms with van der Waals surface area (Å²) in [4.78, 5) is 27.9. The zero-order valence-electron chi connectivity index (χ0n) is 19.1. The Morgan fingerprint density at radius 1 is 1.28 bits per heavy atom. The lowest BCUT2D eigenvalue weighted by Gasteiger charge is -2.26. The lowest BCUT2D eigenvalue weighted by molar-refractivity contribution is 0.171. The molecule has 1 aromatic carbocycles. The van der Waals surface area contributed by atoms with E-state index in [-0.39, 0.29) is 29.2 Å². The van der Waals surface area contributed by atoms with Crippen molar-refractivity contribution in [2.45, 2.75) is 46.6 Å². The number of nitrogens with one attached hydrogen (secondary N) is 1. The Morgan fingerprint density at radius 3 is 2.66 bits per heavy atom. The molecule has 0 aliphatic rings. The molecule has 0 fully saturated rings. The molecular formula is C24H30FN3O4. The SMILES string of the molecule is CC(CC(COc1cc2c(cc1F)c1ccncc1c(=O)n2C)NC(=O)O)CC(C)(C)C. The Morgan fingerprint density at radius 2 is 2.00 bits per heavy atom. The predicted octanol–water partition coefficient (Wildman–Crippen LogP) is 4.70. The number of nitrogens with zero attached hydrogens (tertiary/aromatic N) is 2. The van der Waals surface area contributed by atoms with E-state index in [4.69, 9.17) is 4.74 Å². The molecule has 0 aliphatic carbocycles. The fourth-order valence-corrected chi connectivity index (χ4v) is 4.38. The second-order valence-corrected chi connectivity index (χ2v) is 9.65. The van der Waals surface area contributed by atoms with Gasteiger partial charge >= 0.3 is 6.09 Å². The van der Waals surface area contributed by atoms with Crippen LogP contribution in [0.15, 0.2) is 35.4 Å². The average molecular weight is 444 g/mol. The first kappa shape index (κ1) is 23.5. The zero-order chi connectivity index (χ0) is 23.6. The highest BCUT2D eigenvalue weighted by atomic mass is 19.1. The first-order valence-corrected chi connectivity index (χ1v) is 10.6. The van der Waals surface area contributed by atoms with Crippen molar-refractivity contribution in [1.29, 1.82) is 0 Å². The van der Waals surface area contributed by atoms with E-state index in [9.17, 15) is 19.1 Å². The molecule has 2 atom stereocenters. The van der Waals surface area contributed by atoms with E-state index >= 15 is 0 Å². The van der Waals surface area contributed by atoms with Gasteiger partial charge in [-0.05, 0) is 41.7 Å². The number of rotatable bonds is 7. The van der Waals surface area contributed by atoms with Crippen LogP contribution < -0.4 is 15.6 Å². The van der Waals surface area contributed by atoms with E-state index in [0.29, 0.717) is 28.1 Å². The highest BCUT2D eigenvalue weighted by Gasteiger charge is 2.22. The van der Waals surface area contributed by atoms with Crippen molar-refractivity contribution in [1.82, 2.24) is 14.9 Å². The quantitative estimate of drug-likeness (QED) is 0.516. The molecule has 172 valence electrons. The van der Waals surface area contributed by atoms with Gasteiger partial charge in [0.05, 0.1) is 16.9 Å². The summed E-state index contributed by atoms with van der Waals surface area (Å²) < 4.78 is 22.1. The van der Waals surface area contributed by atoms with Gasteiger partial charge < -0.3 is 19.7 Å². The molecule has 32 heavy (non-hydrogen) atoms. The molecule has 0 spiro atoms. The van der Waals surface area contributed by atoms with E-state index < -0.39 is 18.0 Å². The third-order valence-electron chi connectivity index (χ3n) is 5.47. The van der Waals surface area contributed by atoms with Crippen LogP contribution in [0.4, 0.5) is 9.18 Å². The number of aryl methyl sites for hydroxylation is 1. The maximum absolute atomic E-state index is 14.9. The summed E-state index contributed by atoms with van der Waals surface area (Å²) in [5.74, 6) is -0.356. The van der Waals surface area contributed by atoms with Crippen molar-refractivity contribution in [2.75, 3.05) is 6.61 Å². The van der Waals surface area contributed by atoms with Gasteiger partial charge in [0.15, 0.2) is 11.6 Å². The molecule has 2 N–H and O–H groups in total. The number of ether oxygens (including phenoxy) is 1. The fourth-order valence-electron chi connectivity index (χ4n) is 4.38. The van der Waals surface area contributed by atoms with E-state index in [1.165, 1.54) is 22.9 Å². The molecule has 2 aromatic heterocycles. The van der Waals surface area contributed by atoms with Crippen molar-refractivity contribution in [2.24, 2.45) is 18.4 Å². The van der Waals surface area contributed by atoms with Crippen LogP contribution in [0, 0.1) is 17.2 Å². The molecule has 7 nitrogen and oxygen atoms in total. The van der Waals surface area contributed by atoms with Crippen molar-refractivity contribution in [3.05, 3.63) is 46.8 Å². The van der Waals surface area contributed by atoms with Crippen LogP contribution >= 0.6 is 0 Å². The van der Waals surface area contributed by atoms with Gasteiger partial charge in [-0.1, -0.05) is 27.7 Å². The van der Waals surface area contributed by atoms with Gasteiger partial charge in [0.2, 0.25) is 0 Å². The molecule has 0 radical (unpaired) electrons. The summed E-state index contributed by atoms with van der Waals surface area (Å²) in [7, 11) is 1.61. The first-order valence-electron chi connectivity index (χ1n) is 10.6. The topological polar surface area (TPSA) is 93.5 Å². The zero-order valence-corrected chi connectivity index (χ0v) is 19.1. The molecule has 0 bridgehead atoms. The summed E-state index contributed by atoms with van der Waals surface area (Å²) in [6, 6.07) is 4.02. The molecule has 1 amide bonds. The summed E-state index contributed by atoms with van der Waals surface area (Å²) in [6.45, 7) is 8.44. The number of amides is 1. The van der Waals surface area contributed by atoms with Crippen molar-refractivity contribution in [3.63, 3.8) is 0 Å². The minimum atomic E-state index is -1.15. The van der Waals surface area contributed by atoms with E-state index in [1.807, 2.05) is 0 Å². The molecule has 0 aliphatic heterocycles. The summed E-state index contributed by atoms with van der Waals surface area (Å²) >= 11 is 0. The summed E-state index contributed by atoms with van der Waals surface area (Å²) in [6.07, 6.45) is 3.36. The maximum atomic E-state index is 14.9. The molecule has 3 rings (SSSR count). The maximum Gasteiger partial charge on any atom is 0.404 e. The van der Waals surface area contributed by atoms with Crippen LogP contribution in [0.3, 0.4) is 0 Å². The number of pyridine rings is 2. The minimum absolute atomic E-state index is 0.0192. The normalized spacial score (nSPS) is 13.8. The van der Waals surface area contributed by atoms with Crippen molar-refractivity contribution >= 4 is 27.8 Å². The molecule has 0 saturated heterocycles. The van der Waals surface area contributed by atoms with Gasteiger partial charge in [0, 0.05) is 30.9 Å². The highest BCUT2D eigenvalue weighted by Crippen LogP contribution is 2.30. The highest BCUT2D eigenvalue weighted by molar-refractivity contribution is 6.05. The Labute approximate surface area is 186 Å². The second kappa shape index (κ2) is 9.14. The largest absolute Gasteiger partial charge is 0.488 e. The van der Waals surface area contributed by atoms with E-state index in [1.54, 1.807) is 19.3 Å². The number of carboxylic acid groups (broad SMARTS) is 1. The first-order chi connectivity index (χ1) is 15.0. The number of halogens is 1. The summed E-state index contributed by atoms with van der Waals surface area (Å²) in [5.41, 5.74) is 0.398. The third-order valence-corrected chi connectivity index (χ3v) is 5.47. The lowest BCUT2D eigenvalue weighted by Crippen LogP contribution is -2.39. The number of carbonyl (C=O) groups is 1. The standard InChI is InChI=1S/C24H30FN3O4/c1-14(11-24(2,3)4)8-15(27-23(30)31)13-32-21-10-20-17(9-19(21)25)16-6-7-26-12-18(16)22(29)28(20)5/h6-7,9-10,12,14-15,27H,8,11,13H2,1-5H3,(H,30,31). The molecule has 0 saturated carbocycles. The minimum Gasteiger partial charge on any atom is -0.488 e. The van der Waals surface area contributed by atoms with Crippen LogP contribution in [0.5, 0.6) is 5.75 Å². The van der Waals surface area contributed by atoms with Crippen LogP contribution in [0.2, 0.25) is 0 Å². The third kappa shape index (κ3) is 5.36. The number of hydrogen-bond donors (Lipinski definition) is 2. The number of fused-ring (bicyclic) bond motifs is 3. The van der Waals surface area contributed by atoms with Gasteiger partial charge in [-0.25, -0.2) is 9.18 Å². The van der Waals surface area contributed by atoms with Gasteiger partial charge in [-0.2, -0.15) is 0 Å². The van der Waals surface area contributed by atoms with Gasteiger partial charge in [-0.15, -0.1) is 0 Å². The molecular weight excluding hydrogens is 413 g/mol. The Balaban J connectivity index is 1.89. The van der Waals surface area contributed by atoms with E-state index in [0.717, 1.165) is 6.42 Å². The lowest BCUT2D eigenvalue weighted by atomic mass is 9.83. The van der Waals surface area contributed by atoms with Crippen LogP contribution in [0.1, 0.15) is 40.5 Å². The van der Waals surface area contributed by atoms with Crippen LogP contribution in [-0.4, -0.2) is 33.4 Å². The molecule has 8 heteroatoms. The number of hydrogen-bond acceptors (Lipinski definition) is 4. The summed E-state index contributed by atoms with van der Waals surface area (Å²) in [5, 5.41) is 13.3. The smallest absolute Gasteiger partial charge is 0.404 e. The molecule has 2 unspecified atom stereocenters. The Bertz CT molecular complexity index is 1200. The number of benzene rings is 1. The Kier molecular flexibility index (Phi) is 6.71. The Hall–Kier alpha value is -3.16. The van der Waals surface area contributed by atoms with Gasteiger partial charge in [0.25, 0.3) is 5.56 Å². The molecule has 3 aromatic rings. The number of aromatic nitrogens is 2. The van der Waals surface area contributed by atoms with E-state index in [2.05, 4.69) is 38.0 Å². The fraction of sp³-hybridized carbons (Fsp3) is 0.458. The van der Waals surface area contributed by atoms with Crippen molar-refractivity contribution in [3.8, 4) is 5.75 Å². The molecule has 2 heterocycles. The van der Waals surface area contributed by atoms with Crippen LogP contribution in [-0.2, 0) is 7.05 Å². The van der Waals surface area contributed by atoms with Gasteiger partial charge in [-0.3, -0.25) is 9.78 Å². The van der Waals surface area contributed by atoms with Crippen molar-refractivity contribution < 1.29 is 19.0 Å². The average Bonchev–Trinajstić information content (AvgIpc) is 2.68. The predicted molar refractivity (Wildman–Crippen MR) is 123 cm³/mol. The van der Waals surface area contributed by atoms with Gasteiger partial charge in [0.1, 0.15) is 6.61 Å².